The predicted molar refractivity (Wildman–Crippen MR) is 109 cm³/mol. The van der Waals surface area contributed by atoms with Gasteiger partial charge in [0, 0.05) is 29.5 Å². The van der Waals surface area contributed by atoms with Crippen LogP contribution in [0.15, 0.2) is 38.9 Å². The van der Waals surface area contributed by atoms with Crippen LogP contribution >= 0.6 is 15.9 Å². The number of rotatable bonds is 3. The molecule has 2 heterocycles. The highest BCUT2D eigenvalue weighted by atomic mass is 79.9. The van der Waals surface area contributed by atoms with Gasteiger partial charge in [0.25, 0.3) is 5.56 Å². The molecule has 0 unspecified atom stereocenters. The third-order valence-electron chi connectivity index (χ3n) is 4.48. The molecule has 0 saturated carbocycles. The minimum atomic E-state index is -1.63. The second kappa shape index (κ2) is 7.24. The molecular weight excluding hydrogens is 470 g/mol. The molecule has 0 atom stereocenters. The fourth-order valence-electron chi connectivity index (χ4n) is 3.06. The van der Waals surface area contributed by atoms with Gasteiger partial charge in [0.1, 0.15) is 23.0 Å². The number of nitrogens with zero attached hydrogens (tertiary/aromatic N) is 4. The molecule has 154 valence electrons. The lowest BCUT2D eigenvalue weighted by molar-refractivity contribution is 0.453. The van der Waals surface area contributed by atoms with E-state index in [-0.39, 0.29) is 5.52 Å². The van der Waals surface area contributed by atoms with Crippen LogP contribution in [0.25, 0.3) is 21.9 Å². The summed E-state index contributed by atoms with van der Waals surface area (Å²) in [5.41, 5.74) is -1.42. The van der Waals surface area contributed by atoms with Crippen LogP contribution in [0.3, 0.4) is 0 Å². The maximum Gasteiger partial charge on any atom is 0.298 e. The highest BCUT2D eigenvalue weighted by Crippen LogP contribution is 2.29. The Morgan fingerprint density at radius 1 is 1.13 bits per heavy atom. The van der Waals surface area contributed by atoms with Crippen LogP contribution in [0, 0.1) is 23.3 Å². The van der Waals surface area contributed by atoms with Crippen molar-refractivity contribution in [3.8, 4) is 0 Å². The number of aromatic nitrogens is 3. The van der Waals surface area contributed by atoms with E-state index < -0.39 is 40.1 Å². The van der Waals surface area contributed by atoms with E-state index in [9.17, 15) is 22.4 Å². The molecule has 0 saturated heterocycles. The number of hydrogen-bond acceptors (Lipinski definition) is 4. The minimum absolute atomic E-state index is 0.115. The van der Waals surface area contributed by atoms with E-state index in [4.69, 9.17) is 0 Å². The average molecular weight is 482 g/mol. The lowest BCUT2D eigenvalue weighted by atomic mass is 10.1. The van der Waals surface area contributed by atoms with Crippen molar-refractivity contribution in [2.75, 3.05) is 19.0 Å². The summed E-state index contributed by atoms with van der Waals surface area (Å²) in [6.45, 7) is 0. The Morgan fingerprint density at radius 3 is 2.43 bits per heavy atom. The van der Waals surface area contributed by atoms with Crippen molar-refractivity contribution in [1.82, 2.24) is 14.6 Å². The first-order valence-corrected chi connectivity index (χ1v) is 9.26. The van der Waals surface area contributed by atoms with E-state index in [1.54, 1.807) is 18.2 Å². The molecule has 1 N–H and O–H groups in total. The molecule has 0 aliphatic rings. The van der Waals surface area contributed by atoms with Gasteiger partial charge in [-0.05, 0) is 18.2 Å². The molecule has 6 nitrogen and oxygen atoms in total. The molecular formula is C19H12BrF4N5O. The lowest BCUT2D eigenvalue weighted by Crippen LogP contribution is -2.19. The van der Waals surface area contributed by atoms with Crippen LogP contribution < -0.4 is 10.5 Å². The van der Waals surface area contributed by atoms with Crippen molar-refractivity contribution in [3.63, 3.8) is 0 Å². The summed E-state index contributed by atoms with van der Waals surface area (Å²) in [7, 11) is 2.49. The Bertz CT molecular complexity index is 1380. The summed E-state index contributed by atoms with van der Waals surface area (Å²) < 4.78 is 58.4. The normalized spacial score (nSPS) is 11.8. The third kappa shape index (κ3) is 3.05. The molecule has 2 aromatic carbocycles. The molecule has 0 spiro atoms. The van der Waals surface area contributed by atoms with E-state index >= 15 is 0 Å². The van der Waals surface area contributed by atoms with Crippen molar-refractivity contribution < 1.29 is 17.6 Å². The third-order valence-corrected chi connectivity index (χ3v) is 4.98. The standard InChI is InChI=1S/C19H12BrF4N5O/c1-28(2)18-14(23)12(21)10(13(22)15(18)24)6-26-29-7-25-16-9-5-8(20)3-4-11(9)27-17(16)19(29)30/h3-7,27H,1-2H3/b26-6-. The molecule has 0 radical (unpaired) electrons. The first kappa shape index (κ1) is 20.1. The SMILES string of the molecule is CN(C)c1c(F)c(F)c(/C=N\n2cnc3c([nH]c4ccc(Br)cc43)c2=O)c(F)c1F. The van der Waals surface area contributed by atoms with Gasteiger partial charge in [-0.2, -0.15) is 9.78 Å². The van der Waals surface area contributed by atoms with Crippen LogP contribution in [-0.4, -0.2) is 35.0 Å². The van der Waals surface area contributed by atoms with E-state index in [0.717, 1.165) is 15.7 Å². The monoisotopic (exact) mass is 481 g/mol. The summed E-state index contributed by atoms with van der Waals surface area (Å²) in [4.78, 5) is 20.7. The molecule has 4 rings (SSSR count). The van der Waals surface area contributed by atoms with Gasteiger partial charge >= 0.3 is 0 Å². The van der Waals surface area contributed by atoms with E-state index in [2.05, 4.69) is 31.0 Å². The zero-order chi connectivity index (χ0) is 21.7. The number of anilines is 1. The molecule has 30 heavy (non-hydrogen) atoms. The second-order valence-electron chi connectivity index (χ2n) is 6.59. The number of halogens is 5. The predicted octanol–water partition coefficient (Wildman–Crippen LogP) is 4.14. The van der Waals surface area contributed by atoms with Gasteiger partial charge in [-0.3, -0.25) is 4.79 Å². The van der Waals surface area contributed by atoms with Crippen molar-refractivity contribution in [1.29, 1.82) is 0 Å². The molecule has 4 aromatic rings. The highest BCUT2D eigenvalue weighted by molar-refractivity contribution is 9.10. The van der Waals surface area contributed by atoms with Crippen molar-refractivity contribution in [2.24, 2.45) is 5.10 Å². The Morgan fingerprint density at radius 2 is 1.80 bits per heavy atom. The van der Waals surface area contributed by atoms with Crippen LogP contribution in [0.2, 0.25) is 0 Å². The van der Waals surface area contributed by atoms with Crippen LogP contribution in [0.4, 0.5) is 23.2 Å². The van der Waals surface area contributed by atoms with Crippen molar-refractivity contribution in [3.05, 3.63) is 68.2 Å². The molecule has 11 heteroatoms. The molecule has 0 fully saturated rings. The fraction of sp³-hybridized carbons (Fsp3) is 0.105. The minimum Gasteiger partial charge on any atom is -0.373 e. The second-order valence-corrected chi connectivity index (χ2v) is 7.51. The highest BCUT2D eigenvalue weighted by Gasteiger charge is 2.25. The van der Waals surface area contributed by atoms with Gasteiger partial charge in [-0.15, -0.1) is 0 Å². The average Bonchev–Trinajstić information content (AvgIpc) is 3.06. The van der Waals surface area contributed by atoms with E-state index in [1.807, 2.05) is 0 Å². The first-order valence-electron chi connectivity index (χ1n) is 8.47. The number of benzene rings is 2. The van der Waals surface area contributed by atoms with Crippen LogP contribution in [-0.2, 0) is 0 Å². The summed E-state index contributed by atoms with van der Waals surface area (Å²) >= 11 is 3.34. The molecule has 2 aromatic heterocycles. The summed E-state index contributed by atoms with van der Waals surface area (Å²) in [6.07, 6.45) is 1.58. The van der Waals surface area contributed by atoms with E-state index in [1.165, 1.54) is 14.1 Å². The van der Waals surface area contributed by atoms with Gasteiger partial charge in [0.15, 0.2) is 23.3 Å². The summed E-state index contributed by atoms with van der Waals surface area (Å²) in [5, 5.41) is 4.34. The largest absolute Gasteiger partial charge is 0.373 e. The molecule has 0 bridgehead atoms. The van der Waals surface area contributed by atoms with Crippen LogP contribution in [0.1, 0.15) is 5.56 Å². The zero-order valence-corrected chi connectivity index (χ0v) is 17.1. The number of nitrogens with one attached hydrogen (secondary N) is 1. The van der Waals surface area contributed by atoms with Crippen LogP contribution in [0.5, 0.6) is 0 Å². The smallest absolute Gasteiger partial charge is 0.298 e. The lowest BCUT2D eigenvalue weighted by Gasteiger charge is -2.16. The number of aromatic amines is 1. The van der Waals surface area contributed by atoms with Gasteiger partial charge in [-0.25, -0.2) is 22.5 Å². The summed E-state index contributed by atoms with van der Waals surface area (Å²) in [6, 6.07) is 5.30. The number of hydrogen-bond donors (Lipinski definition) is 1. The Labute approximate surface area is 174 Å². The molecule has 0 aliphatic heterocycles. The van der Waals surface area contributed by atoms with Crippen molar-refractivity contribution in [2.45, 2.75) is 0 Å². The Balaban J connectivity index is 1.85. The van der Waals surface area contributed by atoms with Gasteiger partial charge < -0.3 is 9.88 Å². The zero-order valence-electron chi connectivity index (χ0n) is 15.5. The van der Waals surface area contributed by atoms with E-state index in [0.29, 0.717) is 27.3 Å². The van der Waals surface area contributed by atoms with Gasteiger partial charge in [0.05, 0.1) is 11.8 Å². The summed E-state index contributed by atoms with van der Waals surface area (Å²) in [5.74, 6) is -6.39. The Kier molecular flexibility index (Phi) is 4.85. The van der Waals surface area contributed by atoms with Gasteiger partial charge in [0.2, 0.25) is 0 Å². The number of fused-ring (bicyclic) bond motifs is 3. The quantitative estimate of drug-likeness (QED) is 0.271. The fourth-order valence-corrected chi connectivity index (χ4v) is 3.42. The molecule has 0 amide bonds. The van der Waals surface area contributed by atoms with Gasteiger partial charge in [-0.1, -0.05) is 15.9 Å². The number of H-pyrrole nitrogens is 1. The first-order chi connectivity index (χ1) is 14.2. The van der Waals surface area contributed by atoms with Crippen molar-refractivity contribution >= 4 is 49.8 Å². The maximum atomic E-state index is 14.3. The Hall–Kier alpha value is -3.21. The topological polar surface area (TPSA) is 66.3 Å². The maximum absolute atomic E-state index is 14.3. The molecule has 0 aliphatic carbocycles.